The molecule has 1 aromatic carbocycles. The van der Waals surface area contributed by atoms with E-state index in [1.807, 2.05) is 0 Å². The molecule has 0 aliphatic carbocycles. The van der Waals surface area contributed by atoms with Crippen molar-refractivity contribution in [2.45, 2.75) is 24.3 Å². The molecular weight excluding hydrogens is 293 g/mol. The first-order valence-corrected chi connectivity index (χ1v) is 8.56. The van der Waals surface area contributed by atoms with Gasteiger partial charge in [0.05, 0.1) is 4.90 Å². The van der Waals surface area contributed by atoms with Gasteiger partial charge in [0.15, 0.2) is 0 Å². The summed E-state index contributed by atoms with van der Waals surface area (Å²) in [6.45, 7) is 3.18. The highest BCUT2D eigenvalue weighted by atomic mass is 32.2. The fraction of sp³-hybridized carbons (Fsp3) is 0.571. The minimum Gasteiger partial charge on any atom is -0.326 e. The molecule has 118 valence electrons. The molecule has 21 heavy (non-hydrogen) atoms. The van der Waals surface area contributed by atoms with E-state index in [0.29, 0.717) is 18.7 Å². The molecule has 0 amide bonds. The lowest BCUT2D eigenvalue weighted by Gasteiger charge is -2.22. The number of halogens is 1. The molecule has 1 saturated heterocycles. The number of rotatable bonds is 6. The highest BCUT2D eigenvalue weighted by Crippen LogP contribution is 2.20. The topological polar surface area (TPSA) is 66.6 Å². The Morgan fingerprint density at radius 1 is 1.33 bits per heavy atom. The Balaban J connectivity index is 2.14. The highest BCUT2D eigenvalue weighted by molar-refractivity contribution is 7.89. The van der Waals surface area contributed by atoms with Crippen molar-refractivity contribution < 1.29 is 12.8 Å². The van der Waals surface area contributed by atoms with Gasteiger partial charge in [-0.2, -0.15) is 4.31 Å². The average Bonchev–Trinajstić information content (AvgIpc) is 2.97. The molecule has 1 aliphatic heterocycles. The largest absolute Gasteiger partial charge is 0.326 e. The second-order valence-corrected chi connectivity index (χ2v) is 7.34. The summed E-state index contributed by atoms with van der Waals surface area (Å²) in [6, 6.07) is 3.70. The summed E-state index contributed by atoms with van der Waals surface area (Å²) in [5.41, 5.74) is 5.99. The van der Waals surface area contributed by atoms with Gasteiger partial charge in [-0.05, 0) is 43.6 Å². The van der Waals surface area contributed by atoms with Crippen LogP contribution in [0.15, 0.2) is 23.1 Å². The lowest BCUT2D eigenvalue weighted by atomic mass is 10.2. The zero-order valence-electron chi connectivity index (χ0n) is 12.3. The van der Waals surface area contributed by atoms with Crippen LogP contribution >= 0.6 is 0 Å². The monoisotopic (exact) mass is 315 g/mol. The fourth-order valence-electron chi connectivity index (χ4n) is 2.51. The van der Waals surface area contributed by atoms with Crippen LogP contribution in [0.5, 0.6) is 0 Å². The molecule has 1 aliphatic rings. The maximum Gasteiger partial charge on any atom is 0.243 e. The first kappa shape index (κ1) is 16.4. The van der Waals surface area contributed by atoms with Crippen LogP contribution in [0.3, 0.4) is 0 Å². The molecule has 0 spiro atoms. The highest BCUT2D eigenvalue weighted by Gasteiger charge is 2.25. The molecular formula is C14H22FN3O2S. The number of hydrogen-bond donors (Lipinski definition) is 1. The summed E-state index contributed by atoms with van der Waals surface area (Å²) in [4.78, 5) is 2.20. The van der Waals surface area contributed by atoms with Crippen molar-refractivity contribution in [2.75, 3.05) is 33.2 Å². The van der Waals surface area contributed by atoms with Gasteiger partial charge in [0.25, 0.3) is 0 Å². The molecule has 2 rings (SSSR count). The molecule has 2 N–H and O–H groups in total. The van der Waals surface area contributed by atoms with Crippen molar-refractivity contribution in [3.8, 4) is 0 Å². The zero-order valence-corrected chi connectivity index (χ0v) is 13.1. The van der Waals surface area contributed by atoms with Crippen molar-refractivity contribution in [2.24, 2.45) is 5.73 Å². The van der Waals surface area contributed by atoms with E-state index < -0.39 is 15.8 Å². The Morgan fingerprint density at radius 3 is 2.62 bits per heavy atom. The third-order valence-corrected chi connectivity index (χ3v) is 5.81. The van der Waals surface area contributed by atoms with Crippen molar-refractivity contribution in [1.29, 1.82) is 0 Å². The lowest BCUT2D eigenvalue weighted by Crippen LogP contribution is -2.35. The van der Waals surface area contributed by atoms with Crippen molar-refractivity contribution >= 4 is 10.0 Å². The predicted molar refractivity (Wildman–Crippen MR) is 79.8 cm³/mol. The summed E-state index contributed by atoms with van der Waals surface area (Å²) >= 11 is 0. The summed E-state index contributed by atoms with van der Waals surface area (Å²) in [5.74, 6) is -0.571. The molecule has 7 heteroatoms. The standard InChI is InChI=1S/C14H22FN3O2S/c1-17(8-9-18-6-2-3-7-18)21(19,20)14-10-13(15)5-4-12(14)11-16/h4-5,10H,2-3,6-9,11,16H2,1H3. The number of sulfonamides is 1. The van der Waals surface area contributed by atoms with Gasteiger partial charge in [0.1, 0.15) is 5.82 Å². The normalized spacial score (nSPS) is 16.8. The molecule has 0 saturated carbocycles. The van der Waals surface area contributed by atoms with Crippen molar-refractivity contribution in [3.63, 3.8) is 0 Å². The zero-order chi connectivity index (χ0) is 15.5. The second kappa shape index (κ2) is 6.83. The molecule has 5 nitrogen and oxygen atoms in total. The predicted octanol–water partition coefficient (Wildman–Crippen LogP) is 1.00. The van der Waals surface area contributed by atoms with E-state index in [9.17, 15) is 12.8 Å². The third kappa shape index (κ3) is 3.79. The van der Waals surface area contributed by atoms with Gasteiger partial charge < -0.3 is 10.6 Å². The minimum atomic E-state index is -3.71. The van der Waals surface area contributed by atoms with Crippen molar-refractivity contribution in [3.05, 3.63) is 29.6 Å². The fourth-order valence-corrected chi connectivity index (χ4v) is 3.92. The van der Waals surface area contributed by atoms with Crippen molar-refractivity contribution in [1.82, 2.24) is 9.21 Å². The number of nitrogens with zero attached hydrogens (tertiary/aromatic N) is 2. The second-order valence-electron chi connectivity index (χ2n) is 5.33. The number of likely N-dealkylation sites (N-methyl/N-ethyl adjacent to an activating group) is 1. The summed E-state index contributed by atoms with van der Waals surface area (Å²) < 4.78 is 39.8. The van der Waals surface area contributed by atoms with Gasteiger partial charge in [0, 0.05) is 26.7 Å². The first-order valence-electron chi connectivity index (χ1n) is 7.12. The third-order valence-electron chi connectivity index (χ3n) is 3.87. The molecule has 0 atom stereocenters. The van der Waals surface area contributed by atoms with Gasteiger partial charge in [-0.25, -0.2) is 12.8 Å². The maximum absolute atomic E-state index is 13.4. The Morgan fingerprint density at radius 2 is 2.00 bits per heavy atom. The number of hydrogen-bond acceptors (Lipinski definition) is 4. The maximum atomic E-state index is 13.4. The minimum absolute atomic E-state index is 0.0334. The average molecular weight is 315 g/mol. The summed E-state index contributed by atoms with van der Waals surface area (Å²) in [5, 5.41) is 0. The van der Waals surface area contributed by atoms with Crippen LogP contribution in [0.4, 0.5) is 4.39 Å². The van der Waals surface area contributed by atoms with Gasteiger partial charge in [0.2, 0.25) is 10.0 Å². The molecule has 0 aromatic heterocycles. The van der Waals surface area contributed by atoms with Gasteiger partial charge in [-0.3, -0.25) is 0 Å². The summed E-state index contributed by atoms with van der Waals surface area (Å²) in [7, 11) is -2.18. The Kier molecular flexibility index (Phi) is 5.32. The molecule has 1 heterocycles. The number of likely N-dealkylation sites (tertiary alicyclic amines) is 1. The smallest absolute Gasteiger partial charge is 0.243 e. The molecule has 0 unspecified atom stereocenters. The Bertz CT molecular complexity index is 586. The first-order chi connectivity index (χ1) is 9.95. The van der Waals surface area contributed by atoms with Gasteiger partial charge in [-0.15, -0.1) is 0 Å². The van der Waals surface area contributed by atoms with E-state index in [4.69, 9.17) is 5.73 Å². The molecule has 1 aromatic rings. The van der Waals surface area contributed by atoms with E-state index >= 15 is 0 Å². The molecule has 0 radical (unpaired) electrons. The van der Waals surface area contributed by atoms with E-state index in [-0.39, 0.29) is 11.4 Å². The SMILES string of the molecule is CN(CCN1CCCC1)S(=O)(=O)c1cc(F)ccc1CN. The number of nitrogens with two attached hydrogens (primary N) is 1. The van der Waals surface area contributed by atoms with Gasteiger partial charge >= 0.3 is 0 Å². The van der Waals surface area contributed by atoms with Crippen LogP contribution in [-0.2, 0) is 16.6 Å². The quantitative estimate of drug-likeness (QED) is 0.850. The van der Waals surface area contributed by atoms with Crippen LogP contribution in [-0.4, -0.2) is 50.8 Å². The van der Waals surface area contributed by atoms with Crippen LogP contribution in [0.2, 0.25) is 0 Å². The Hall–Kier alpha value is -1.02. The Labute approximate surface area is 125 Å². The molecule has 0 bridgehead atoms. The van der Waals surface area contributed by atoms with Crippen LogP contribution in [0.25, 0.3) is 0 Å². The van der Waals surface area contributed by atoms with Gasteiger partial charge in [-0.1, -0.05) is 6.07 Å². The van der Waals surface area contributed by atoms with Crippen LogP contribution in [0.1, 0.15) is 18.4 Å². The molecule has 1 fully saturated rings. The van der Waals surface area contributed by atoms with E-state index in [1.165, 1.54) is 23.5 Å². The summed E-state index contributed by atoms with van der Waals surface area (Å²) in [6.07, 6.45) is 2.33. The van der Waals surface area contributed by atoms with E-state index in [2.05, 4.69) is 4.90 Å². The van der Waals surface area contributed by atoms with E-state index in [0.717, 1.165) is 32.0 Å². The van der Waals surface area contributed by atoms with Crippen LogP contribution in [0, 0.1) is 5.82 Å². The van der Waals surface area contributed by atoms with Crippen LogP contribution < -0.4 is 5.73 Å². The van der Waals surface area contributed by atoms with E-state index in [1.54, 1.807) is 0 Å². The lowest BCUT2D eigenvalue weighted by molar-refractivity contribution is 0.310. The number of benzene rings is 1.